The van der Waals surface area contributed by atoms with Crippen molar-refractivity contribution in [1.29, 1.82) is 0 Å². The van der Waals surface area contributed by atoms with E-state index < -0.39 is 25.1 Å². The van der Waals surface area contributed by atoms with Gasteiger partial charge in [-0.15, -0.1) is 0 Å². The maximum Gasteiger partial charge on any atom is 0.215 e. The highest BCUT2D eigenvalue weighted by molar-refractivity contribution is 7.95. The quantitative estimate of drug-likeness (QED) is 0.779. The molecular formula is C12H18N2O4S2. The van der Waals surface area contributed by atoms with Crippen molar-refractivity contribution >= 4 is 19.9 Å². The number of hydrogen-bond donors (Lipinski definition) is 2. The molecule has 112 valence electrons. The molecule has 3 N–H and O–H groups in total. The molecule has 20 heavy (non-hydrogen) atoms. The first kappa shape index (κ1) is 15.4. The van der Waals surface area contributed by atoms with Crippen LogP contribution >= 0.6 is 0 Å². The Labute approximate surface area is 119 Å². The summed E-state index contributed by atoms with van der Waals surface area (Å²) in [5.74, 6) is -0.335. The van der Waals surface area contributed by atoms with Crippen LogP contribution in [0.5, 0.6) is 0 Å². The summed E-state index contributed by atoms with van der Waals surface area (Å²) in [7, 11) is -6.80. The van der Waals surface area contributed by atoms with E-state index >= 15 is 0 Å². The van der Waals surface area contributed by atoms with E-state index in [4.69, 9.17) is 5.73 Å². The number of sulfone groups is 1. The van der Waals surface area contributed by atoms with Gasteiger partial charge in [0.15, 0.2) is 9.84 Å². The molecule has 1 heterocycles. The molecule has 0 bridgehead atoms. The minimum Gasteiger partial charge on any atom is -0.326 e. The maximum absolute atomic E-state index is 12.0. The van der Waals surface area contributed by atoms with Crippen molar-refractivity contribution in [2.45, 2.75) is 24.8 Å². The van der Waals surface area contributed by atoms with Crippen LogP contribution in [-0.4, -0.2) is 33.6 Å². The molecule has 0 saturated carbocycles. The third-order valence-corrected chi connectivity index (χ3v) is 7.17. The summed E-state index contributed by atoms with van der Waals surface area (Å²) in [6.45, 7) is 0.593. The number of nitrogens with two attached hydrogens (primary N) is 1. The van der Waals surface area contributed by atoms with Crippen LogP contribution in [0.1, 0.15) is 17.5 Å². The Morgan fingerprint density at radius 3 is 2.30 bits per heavy atom. The molecular weight excluding hydrogens is 300 g/mol. The minimum atomic E-state index is -3.60. The number of nitrogens with one attached hydrogen (secondary N) is 1. The third kappa shape index (κ3) is 3.78. The predicted molar refractivity (Wildman–Crippen MR) is 77.2 cm³/mol. The molecule has 8 heteroatoms. The number of benzene rings is 1. The summed E-state index contributed by atoms with van der Waals surface area (Å²) in [6, 6.07) is 7.28. The SMILES string of the molecule is NCc1ccc(CNS(=O)(=O)C2CCS(=O)(=O)C2)cc1. The average Bonchev–Trinajstić information content (AvgIpc) is 2.78. The van der Waals surface area contributed by atoms with E-state index in [2.05, 4.69) is 4.72 Å². The Morgan fingerprint density at radius 1 is 1.20 bits per heavy atom. The molecule has 2 rings (SSSR count). The molecule has 0 amide bonds. The maximum atomic E-state index is 12.0. The van der Waals surface area contributed by atoms with E-state index in [1.807, 2.05) is 12.1 Å². The van der Waals surface area contributed by atoms with Crippen molar-refractivity contribution in [2.75, 3.05) is 11.5 Å². The first-order valence-corrected chi connectivity index (χ1v) is 9.66. The molecule has 0 spiro atoms. The van der Waals surface area contributed by atoms with Gasteiger partial charge in [0.05, 0.1) is 16.8 Å². The Bertz CT molecular complexity index is 666. The topological polar surface area (TPSA) is 106 Å². The van der Waals surface area contributed by atoms with Crippen LogP contribution in [0.4, 0.5) is 0 Å². The van der Waals surface area contributed by atoms with Crippen LogP contribution in [0.3, 0.4) is 0 Å². The van der Waals surface area contributed by atoms with Gasteiger partial charge in [-0.1, -0.05) is 24.3 Å². The first-order chi connectivity index (χ1) is 9.32. The fourth-order valence-electron chi connectivity index (χ4n) is 2.10. The normalized spacial score (nSPS) is 21.9. The van der Waals surface area contributed by atoms with E-state index in [1.54, 1.807) is 12.1 Å². The third-order valence-electron chi connectivity index (χ3n) is 3.37. The van der Waals surface area contributed by atoms with Gasteiger partial charge < -0.3 is 5.73 Å². The van der Waals surface area contributed by atoms with Gasteiger partial charge in [0, 0.05) is 13.1 Å². The van der Waals surface area contributed by atoms with E-state index in [-0.39, 0.29) is 24.5 Å². The fraction of sp³-hybridized carbons (Fsp3) is 0.500. The smallest absolute Gasteiger partial charge is 0.215 e. The second-order valence-electron chi connectivity index (χ2n) is 4.91. The van der Waals surface area contributed by atoms with Crippen molar-refractivity contribution in [3.63, 3.8) is 0 Å². The standard InChI is InChI=1S/C12H18N2O4S2/c13-7-10-1-3-11(4-2-10)8-14-20(17,18)12-5-6-19(15,16)9-12/h1-4,12,14H,5-9,13H2. The summed E-state index contributed by atoms with van der Waals surface area (Å²) >= 11 is 0. The zero-order valence-electron chi connectivity index (χ0n) is 10.9. The summed E-state index contributed by atoms with van der Waals surface area (Å²) in [5.41, 5.74) is 7.27. The zero-order chi connectivity index (χ0) is 14.8. The van der Waals surface area contributed by atoms with Gasteiger partial charge >= 0.3 is 0 Å². The van der Waals surface area contributed by atoms with Crippen molar-refractivity contribution in [1.82, 2.24) is 4.72 Å². The van der Waals surface area contributed by atoms with E-state index in [9.17, 15) is 16.8 Å². The molecule has 1 saturated heterocycles. The molecule has 1 aromatic rings. The predicted octanol–water partition coefficient (Wildman–Crippen LogP) is -0.248. The number of sulfonamides is 1. The summed E-state index contributed by atoms with van der Waals surface area (Å²) in [4.78, 5) is 0. The Hall–Kier alpha value is -0.960. The Balaban J connectivity index is 1.98. The molecule has 6 nitrogen and oxygen atoms in total. The van der Waals surface area contributed by atoms with Crippen molar-refractivity contribution in [2.24, 2.45) is 5.73 Å². The summed E-state index contributed by atoms with van der Waals surface area (Å²) < 4.78 is 49.2. The lowest BCUT2D eigenvalue weighted by molar-refractivity contribution is 0.567. The molecule has 1 fully saturated rings. The highest BCUT2D eigenvalue weighted by Gasteiger charge is 2.36. The first-order valence-electron chi connectivity index (χ1n) is 6.29. The van der Waals surface area contributed by atoms with Crippen molar-refractivity contribution in [3.8, 4) is 0 Å². The van der Waals surface area contributed by atoms with Gasteiger partial charge in [-0.2, -0.15) is 0 Å². The summed E-state index contributed by atoms with van der Waals surface area (Å²) in [6.07, 6.45) is 0.170. The lowest BCUT2D eigenvalue weighted by Gasteiger charge is -2.11. The lowest BCUT2D eigenvalue weighted by Crippen LogP contribution is -2.34. The van der Waals surface area contributed by atoms with Gasteiger partial charge in [0.25, 0.3) is 0 Å². The van der Waals surface area contributed by atoms with Gasteiger partial charge in [0.1, 0.15) is 0 Å². The van der Waals surface area contributed by atoms with Crippen LogP contribution in [-0.2, 0) is 33.0 Å². The monoisotopic (exact) mass is 318 g/mol. The molecule has 1 aliphatic heterocycles. The minimum absolute atomic E-state index is 0.0518. The van der Waals surface area contributed by atoms with Crippen LogP contribution in [0.25, 0.3) is 0 Å². The molecule has 1 aromatic carbocycles. The van der Waals surface area contributed by atoms with Gasteiger partial charge in [-0.05, 0) is 17.5 Å². The molecule has 0 aliphatic carbocycles. The van der Waals surface area contributed by atoms with Crippen LogP contribution in [0, 0.1) is 0 Å². The van der Waals surface area contributed by atoms with Crippen LogP contribution in [0.15, 0.2) is 24.3 Å². The van der Waals surface area contributed by atoms with E-state index in [0.717, 1.165) is 11.1 Å². The van der Waals surface area contributed by atoms with Gasteiger partial charge in [0.2, 0.25) is 10.0 Å². The highest BCUT2D eigenvalue weighted by Crippen LogP contribution is 2.18. The average molecular weight is 318 g/mol. The molecule has 0 radical (unpaired) electrons. The van der Waals surface area contributed by atoms with Gasteiger partial charge in [-0.3, -0.25) is 0 Å². The largest absolute Gasteiger partial charge is 0.326 e. The van der Waals surface area contributed by atoms with E-state index in [0.29, 0.717) is 6.54 Å². The Kier molecular flexibility index (Phi) is 4.48. The second-order valence-corrected chi connectivity index (χ2v) is 9.19. The molecule has 1 aliphatic rings. The summed E-state index contributed by atoms with van der Waals surface area (Å²) in [5, 5.41) is -0.837. The van der Waals surface area contributed by atoms with E-state index in [1.165, 1.54) is 0 Å². The van der Waals surface area contributed by atoms with Crippen molar-refractivity contribution < 1.29 is 16.8 Å². The number of hydrogen-bond acceptors (Lipinski definition) is 5. The van der Waals surface area contributed by atoms with Gasteiger partial charge in [-0.25, -0.2) is 21.6 Å². The molecule has 1 atom stereocenters. The second kappa shape index (κ2) is 5.80. The zero-order valence-corrected chi connectivity index (χ0v) is 12.6. The highest BCUT2D eigenvalue weighted by atomic mass is 32.2. The molecule has 1 unspecified atom stereocenters. The fourth-order valence-corrected chi connectivity index (χ4v) is 6.16. The van der Waals surface area contributed by atoms with Crippen molar-refractivity contribution in [3.05, 3.63) is 35.4 Å². The Morgan fingerprint density at radius 2 is 1.80 bits per heavy atom. The van der Waals surface area contributed by atoms with Crippen LogP contribution in [0.2, 0.25) is 0 Å². The lowest BCUT2D eigenvalue weighted by atomic mass is 10.1. The molecule has 0 aromatic heterocycles. The number of rotatable bonds is 5. The van der Waals surface area contributed by atoms with Crippen LogP contribution < -0.4 is 10.5 Å².